The van der Waals surface area contributed by atoms with Gasteiger partial charge >= 0.3 is 5.97 Å². The number of anilines is 1. The number of benzene rings is 1. The predicted molar refractivity (Wildman–Crippen MR) is 99.9 cm³/mol. The molecule has 0 spiro atoms. The Morgan fingerprint density at radius 1 is 1.00 bits per heavy atom. The summed E-state index contributed by atoms with van der Waals surface area (Å²) < 4.78 is 5.19. The summed E-state index contributed by atoms with van der Waals surface area (Å²) in [6, 6.07) is 6.77. The van der Waals surface area contributed by atoms with E-state index in [2.05, 4.69) is 24.5 Å². The van der Waals surface area contributed by atoms with Gasteiger partial charge in [-0.05, 0) is 43.7 Å². The van der Waals surface area contributed by atoms with E-state index in [1.54, 1.807) is 24.3 Å². The molecule has 5 nitrogen and oxygen atoms in total. The average molecular weight is 357 g/mol. The van der Waals surface area contributed by atoms with Crippen molar-refractivity contribution in [3.8, 4) is 0 Å². The Bertz CT molecular complexity index is 478. The van der Waals surface area contributed by atoms with E-state index in [9.17, 15) is 9.59 Å². The molecule has 0 atom stereocenters. The monoisotopic (exact) mass is 356 g/mol. The van der Waals surface area contributed by atoms with Crippen molar-refractivity contribution >= 4 is 30.0 Å². The van der Waals surface area contributed by atoms with Crippen LogP contribution in [0.3, 0.4) is 0 Å². The van der Waals surface area contributed by atoms with Gasteiger partial charge in [0, 0.05) is 5.69 Å². The number of ether oxygens (including phenoxy) is 1. The molecule has 0 aliphatic carbocycles. The minimum Gasteiger partial charge on any atom is -0.462 e. The van der Waals surface area contributed by atoms with Crippen LogP contribution in [-0.2, 0) is 9.53 Å². The molecular weight excluding hydrogens is 328 g/mol. The quantitative estimate of drug-likeness (QED) is 0.467. The Labute approximate surface area is 151 Å². The summed E-state index contributed by atoms with van der Waals surface area (Å²) in [6.45, 7) is 5.80. The molecule has 6 heteroatoms. The summed E-state index contributed by atoms with van der Waals surface area (Å²) in [7, 11) is 0. The van der Waals surface area contributed by atoms with Crippen LogP contribution in [0.4, 0.5) is 5.69 Å². The summed E-state index contributed by atoms with van der Waals surface area (Å²) in [4.78, 5) is 23.6. The van der Waals surface area contributed by atoms with Crippen LogP contribution in [-0.4, -0.2) is 31.6 Å². The number of halogens is 1. The molecule has 1 aromatic rings. The van der Waals surface area contributed by atoms with Crippen molar-refractivity contribution in [2.45, 2.75) is 46.0 Å². The maximum absolute atomic E-state index is 11.8. The number of amides is 1. The first kappa shape index (κ1) is 22.4. The lowest BCUT2D eigenvalue weighted by molar-refractivity contribution is -0.115. The smallest absolute Gasteiger partial charge is 0.338 e. The van der Waals surface area contributed by atoms with E-state index in [0.29, 0.717) is 24.4 Å². The molecule has 0 bridgehead atoms. The molecule has 0 aliphatic heterocycles. The molecule has 0 unspecified atom stereocenters. The molecule has 0 aromatic heterocycles. The molecule has 136 valence electrons. The minimum absolute atomic E-state index is 0. The van der Waals surface area contributed by atoms with Crippen LogP contribution >= 0.6 is 12.4 Å². The first-order chi connectivity index (χ1) is 11.2. The zero-order valence-electron chi connectivity index (χ0n) is 14.6. The first-order valence-corrected chi connectivity index (χ1v) is 8.45. The predicted octanol–water partition coefficient (Wildman–Crippen LogP) is 3.78. The lowest BCUT2D eigenvalue weighted by Gasteiger charge is -2.08. The number of rotatable bonds is 11. The van der Waals surface area contributed by atoms with Gasteiger partial charge in [-0.25, -0.2) is 4.79 Å². The van der Waals surface area contributed by atoms with Gasteiger partial charge in [-0.15, -0.1) is 12.4 Å². The fourth-order valence-electron chi connectivity index (χ4n) is 2.00. The fraction of sp³-hybridized carbons (Fsp3) is 0.556. The fourth-order valence-corrected chi connectivity index (χ4v) is 2.00. The molecule has 0 aliphatic rings. The standard InChI is InChI=1S/C18H28N2O3.ClH/c1-3-5-7-13-23-18(22)15-8-10-16(11-9-15)20-17(21)14-19-12-6-4-2;/h8-11,19H,3-7,12-14H2,1-2H3,(H,20,21);1H. The number of nitrogens with one attached hydrogen (secondary N) is 2. The molecule has 0 saturated carbocycles. The van der Waals surface area contributed by atoms with Crippen LogP contribution in [0.25, 0.3) is 0 Å². The number of unbranched alkanes of at least 4 members (excludes halogenated alkanes) is 3. The summed E-state index contributed by atoms with van der Waals surface area (Å²) in [5.41, 5.74) is 1.18. The van der Waals surface area contributed by atoms with Crippen LogP contribution in [0, 0.1) is 0 Å². The second kappa shape index (κ2) is 13.8. The minimum atomic E-state index is -0.319. The van der Waals surface area contributed by atoms with Gasteiger partial charge in [-0.2, -0.15) is 0 Å². The van der Waals surface area contributed by atoms with Crippen molar-refractivity contribution in [2.24, 2.45) is 0 Å². The Morgan fingerprint density at radius 2 is 1.67 bits per heavy atom. The Balaban J connectivity index is 0.00000529. The number of hydrogen-bond acceptors (Lipinski definition) is 4. The first-order valence-electron chi connectivity index (χ1n) is 8.45. The molecule has 0 fully saturated rings. The third-order valence-corrected chi connectivity index (χ3v) is 3.38. The lowest BCUT2D eigenvalue weighted by atomic mass is 10.2. The van der Waals surface area contributed by atoms with E-state index in [-0.39, 0.29) is 24.3 Å². The largest absolute Gasteiger partial charge is 0.462 e. The van der Waals surface area contributed by atoms with E-state index in [0.717, 1.165) is 38.6 Å². The van der Waals surface area contributed by atoms with E-state index < -0.39 is 0 Å². The SMILES string of the molecule is CCCCCOC(=O)c1ccc(NC(=O)CNCCCC)cc1.Cl. The number of carbonyl (C=O) groups is 2. The van der Waals surface area contributed by atoms with Crippen LogP contribution in [0.2, 0.25) is 0 Å². The molecule has 0 heterocycles. The van der Waals surface area contributed by atoms with Crippen molar-refractivity contribution in [1.29, 1.82) is 0 Å². The number of esters is 1. The molecule has 1 amide bonds. The third kappa shape index (κ3) is 9.53. The summed E-state index contributed by atoms with van der Waals surface area (Å²) in [5, 5.41) is 5.87. The van der Waals surface area contributed by atoms with Gasteiger partial charge in [-0.1, -0.05) is 33.1 Å². The maximum Gasteiger partial charge on any atom is 0.338 e. The molecule has 0 saturated heterocycles. The Morgan fingerprint density at radius 3 is 2.29 bits per heavy atom. The molecule has 0 radical (unpaired) electrons. The number of carbonyl (C=O) groups excluding carboxylic acids is 2. The molecule has 1 rings (SSSR count). The highest BCUT2D eigenvalue weighted by molar-refractivity contribution is 5.94. The topological polar surface area (TPSA) is 67.4 Å². The zero-order valence-corrected chi connectivity index (χ0v) is 15.4. The molecule has 2 N–H and O–H groups in total. The van der Waals surface area contributed by atoms with Gasteiger partial charge in [0.25, 0.3) is 0 Å². The van der Waals surface area contributed by atoms with Gasteiger partial charge in [0.2, 0.25) is 5.91 Å². The number of hydrogen-bond donors (Lipinski definition) is 2. The third-order valence-electron chi connectivity index (χ3n) is 3.38. The highest BCUT2D eigenvalue weighted by atomic mass is 35.5. The van der Waals surface area contributed by atoms with Crippen molar-refractivity contribution in [3.63, 3.8) is 0 Å². The van der Waals surface area contributed by atoms with E-state index in [1.165, 1.54) is 0 Å². The maximum atomic E-state index is 11.8. The summed E-state index contributed by atoms with van der Waals surface area (Å²) in [5.74, 6) is -0.406. The second-order valence-corrected chi connectivity index (χ2v) is 5.50. The lowest BCUT2D eigenvalue weighted by Crippen LogP contribution is -2.28. The van der Waals surface area contributed by atoms with Crippen molar-refractivity contribution in [1.82, 2.24) is 5.32 Å². The normalized spacial score (nSPS) is 9.92. The van der Waals surface area contributed by atoms with Crippen LogP contribution in [0.1, 0.15) is 56.3 Å². The van der Waals surface area contributed by atoms with E-state index in [4.69, 9.17) is 4.74 Å². The highest BCUT2D eigenvalue weighted by Crippen LogP contribution is 2.11. The van der Waals surface area contributed by atoms with Gasteiger partial charge < -0.3 is 15.4 Å². The van der Waals surface area contributed by atoms with E-state index in [1.807, 2.05) is 0 Å². The van der Waals surface area contributed by atoms with Crippen LogP contribution in [0.15, 0.2) is 24.3 Å². The van der Waals surface area contributed by atoms with Gasteiger partial charge in [0.15, 0.2) is 0 Å². The van der Waals surface area contributed by atoms with E-state index >= 15 is 0 Å². The van der Waals surface area contributed by atoms with Gasteiger partial charge in [0.05, 0.1) is 18.7 Å². The Kier molecular flexibility index (Phi) is 12.9. The van der Waals surface area contributed by atoms with Crippen molar-refractivity contribution < 1.29 is 14.3 Å². The van der Waals surface area contributed by atoms with Crippen LogP contribution in [0.5, 0.6) is 0 Å². The van der Waals surface area contributed by atoms with Crippen molar-refractivity contribution in [3.05, 3.63) is 29.8 Å². The van der Waals surface area contributed by atoms with Gasteiger partial charge in [0.1, 0.15) is 0 Å². The summed E-state index contributed by atoms with van der Waals surface area (Å²) in [6.07, 6.45) is 5.21. The molecular formula is C18H29ClN2O3. The zero-order chi connectivity index (χ0) is 16.9. The summed E-state index contributed by atoms with van der Waals surface area (Å²) >= 11 is 0. The molecule has 1 aromatic carbocycles. The van der Waals surface area contributed by atoms with Crippen LogP contribution < -0.4 is 10.6 Å². The second-order valence-electron chi connectivity index (χ2n) is 5.50. The molecule has 24 heavy (non-hydrogen) atoms. The Hall–Kier alpha value is -1.59. The average Bonchev–Trinajstić information content (AvgIpc) is 2.56. The van der Waals surface area contributed by atoms with Crippen molar-refractivity contribution in [2.75, 3.05) is 25.0 Å². The highest BCUT2D eigenvalue weighted by Gasteiger charge is 2.07. The van der Waals surface area contributed by atoms with Gasteiger partial charge in [-0.3, -0.25) is 4.79 Å².